The lowest BCUT2D eigenvalue weighted by atomic mass is 9.75. The van der Waals surface area contributed by atoms with E-state index >= 15 is 0 Å². The summed E-state index contributed by atoms with van der Waals surface area (Å²) in [6, 6.07) is -0.380. The van der Waals surface area contributed by atoms with Crippen LogP contribution in [-0.2, 0) is 9.53 Å². The molecule has 0 saturated heterocycles. The Morgan fingerprint density at radius 1 is 1.44 bits per heavy atom. The van der Waals surface area contributed by atoms with E-state index in [1.54, 1.807) is 7.05 Å². The molecule has 4 heteroatoms. The van der Waals surface area contributed by atoms with Gasteiger partial charge in [0.05, 0.1) is 12.7 Å². The van der Waals surface area contributed by atoms with Crippen LogP contribution in [0.3, 0.4) is 0 Å². The van der Waals surface area contributed by atoms with Gasteiger partial charge in [-0.15, -0.1) is 0 Å². The molecule has 1 fully saturated rings. The van der Waals surface area contributed by atoms with E-state index in [1.807, 2.05) is 0 Å². The third kappa shape index (κ3) is 4.25. The number of ether oxygens (including phenoxy) is 1. The predicted octanol–water partition coefficient (Wildman–Crippen LogP) is 1.54. The molecule has 0 aromatic heterocycles. The zero-order valence-corrected chi connectivity index (χ0v) is 12.1. The van der Waals surface area contributed by atoms with E-state index in [1.165, 1.54) is 12.8 Å². The molecule has 1 saturated carbocycles. The predicted molar refractivity (Wildman–Crippen MR) is 73.1 cm³/mol. The highest BCUT2D eigenvalue weighted by molar-refractivity contribution is 5.79. The molecule has 18 heavy (non-hydrogen) atoms. The normalized spacial score (nSPS) is 30.4. The van der Waals surface area contributed by atoms with Crippen LogP contribution in [0, 0.1) is 17.8 Å². The summed E-state index contributed by atoms with van der Waals surface area (Å²) in [5.41, 5.74) is 5.30. The molecule has 4 nitrogen and oxygen atoms in total. The van der Waals surface area contributed by atoms with Crippen LogP contribution in [0.4, 0.5) is 0 Å². The van der Waals surface area contributed by atoms with Crippen LogP contribution >= 0.6 is 0 Å². The van der Waals surface area contributed by atoms with Crippen molar-refractivity contribution in [2.24, 2.45) is 23.5 Å². The maximum Gasteiger partial charge on any atom is 0.236 e. The minimum absolute atomic E-state index is 0.268. The van der Waals surface area contributed by atoms with E-state index in [-0.39, 0.29) is 18.1 Å². The molecule has 0 bridgehead atoms. The van der Waals surface area contributed by atoms with Crippen molar-refractivity contribution in [3.05, 3.63) is 0 Å². The number of rotatable bonds is 6. The summed E-state index contributed by atoms with van der Waals surface area (Å²) in [5, 5.41) is 2.90. The molecule has 106 valence electrons. The van der Waals surface area contributed by atoms with Crippen molar-refractivity contribution in [1.82, 2.24) is 5.32 Å². The van der Waals surface area contributed by atoms with E-state index < -0.39 is 0 Å². The summed E-state index contributed by atoms with van der Waals surface area (Å²) in [5.74, 6) is 1.60. The van der Waals surface area contributed by atoms with Crippen molar-refractivity contribution in [3.63, 3.8) is 0 Å². The number of nitrogens with two attached hydrogens (primary N) is 1. The van der Waals surface area contributed by atoms with Crippen LogP contribution in [0.1, 0.15) is 40.0 Å². The Morgan fingerprint density at radius 3 is 2.61 bits per heavy atom. The number of hydrogen-bond donors (Lipinski definition) is 2. The number of nitrogens with one attached hydrogen (secondary N) is 1. The van der Waals surface area contributed by atoms with Gasteiger partial charge >= 0.3 is 0 Å². The first kappa shape index (κ1) is 15.4. The SMILES string of the molecule is CNC(COC1CC(C)CCC1C(C)C)C(N)=O. The lowest BCUT2D eigenvalue weighted by Gasteiger charge is -2.37. The smallest absolute Gasteiger partial charge is 0.236 e. The third-order valence-corrected chi connectivity index (χ3v) is 4.13. The van der Waals surface area contributed by atoms with Gasteiger partial charge in [0, 0.05) is 0 Å². The molecule has 0 aliphatic heterocycles. The number of primary amides is 1. The zero-order valence-electron chi connectivity index (χ0n) is 12.1. The Morgan fingerprint density at radius 2 is 2.11 bits per heavy atom. The number of carbonyl (C=O) groups excluding carboxylic acids is 1. The van der Waals surface area contributed by atoms with Crippen molar-refractivity contribution in [1.29, 1.82) is 0 Å². The van der Waals surface area contributed by atoms with Gasteiger partial charge in [0.15, 0.2) is 0 Å². The summed E-state index contributed by atoms with van der Waals surface area (Å²) >= 11 is 0. The highest BCUT2D eigenvalue weighted by Gasteiger charge is 2.32. The topological polar surface area (TPSA) is 64.3 Å². The first-order valence-corrected chi connectivity index (χ1v) is 7.03. The largest absolute Gasteiger partial charge is 0.376 e. The second-order valence-electron chi connectivity index (χ2n) is 5.94. The van der Waals surface area contributed by atoms with Gasteiger partial charge in [-0.2, -0.15) is 0 Å². The lowest BCUT2D eigenvalue weighted by molar-refractivity contribution is -0.123. The second-order valence-corrected chi connectivity index (χ2v) is 5.94. The number of likely N-dealkylation sites (N-methyl/N-ethyl adjacent to an activating group) is 1. The van der Waals surface area contributed by atoms with E-state index in [2.05, 4.69) is 26.1 Å². The van der Waals surface area contributed by atoms with Crippen LogP contribution in [0.25, 0.3) is 0 Å². The number of hydrogen-bond acceptors (Lipinski definition) is 3. The van der Waals surface area contributed by atoms with Gasteiger partial charge in [-0.3, -0.25) is 4.79 Å². The average molecular weight is 256 g/mol. The van der Waals surface area contributed by atoms with E-state index in [0.717, 1.165) is 6.42 Å². The molecule has 0 aromatic rings. The van der Waals surface area contributed by atoms with Gasteiger partial charge in [-0.25, -0.2) is 0 Å². The van der Waals surface area contributed by atoms with Crippen molar-refractivity contribution >= 4 is 5.91 Å². The van der Waals surface area contributed by atoms with Gasteiger partial charge in [-0.1, -0.05) is 27.2 Å². The molecule has 0 spiro atoms. The van der Waals surface area contributed by atoms with Gasteiger partial charge in [-0.05, 0) is 37.6 Å². The molecule has 0 radical (unpaired) electrons. The summed E-state index contributed by atoms with van der Waals surface area (Å²) in [7, 11) is 1.74. The minimum Gasteiger partial charge on any atom is -0.376 e. The third-order valence-electron chi connectivity index (χ3n) is 4.13. The first-order chi connectivity index (χ1) is 8.45. The lowest BCUT2D eigenvalue weighted by Crippen LogP contribution is -2.45. The zero-order chi connectivity index (χ0) is 13.7. The molecule has 1 rings (SSSR count). The average Bonchev–Trinajstić information content (AvgIpc) is 2.29. The summed E-state index contributed by atoms with van der Waals surface area (Å²) in [4.78, 5) is 11.2. The van der Waals surface area contributed by atoms with Gasteiger partial charge in [0.25, 0.3) is 0 Å². The standard InChI is InChI=1S/C14H28N2O2/c1-9(2)11-6-5-10(3)7-13(11)18-8-12(16-4)14(15)17/h9-13,16H,5-8H2,1-4H3,(H2,15,17). The van der Waals surface area contributed by atoms with Crippen LogP contribution in [0.15, 0.2) is 0 Å². The molecule has 1 aliphatic carbocycles. The van der Waals surface area contributed by atoms with E-state index in [0.29, 0.717) is 24.4 Å². The number of carbonyl (C=O) groups is 1. The highest BCUT2D eigenvalue weighted by Crippen LogP contribution is 2.35. The Bertz CT molecular complexity index is 269. The molecule has 0 aromatic carbocycles. The fraction of sp³-hybridized carbons (Fsp3) is 0.929. The van der Waals surface area contributed by atoms with Crippen LogP contribution in [-0.4, -0.2) is 31.7 Å². The van der Waals surface area contributed by atoms with Crippen molar-refractivity contribution < 1.29 is 9.53 Å². The van der Waals surface area contributed by atoms with Crippen LogP contribution in [0.2, 0.25) is 0 Å². The Balaban J connectivity index is 2.52. The molecule has 3 N–H and O–H groups in total. The monoisotopic (exact) mass is 256 g/mol. The quantitative estimate of drug-likeness (QED) is 0.757. The summed E-state index contributed by atoms with van der Waals surface area (Å²) in [6.45, 7) is 7.16. The molecule has 4 unspecified atom stereocenters. The first-order valence-electron chi connectivity index (χ1n) is 7.03. The fourth-order valence-electron chi connectivity index (χ4n) is 2.83. The second kappa shape index (κ2) is 7.10. The summed E-state index contributed by atoms with van der Waals surface area (Å²) in [6.07, 6.45) is 3.88. The number of amides is 1. The molecular weight excluding hydrogens is 228 g/mol. The van der Waals surface area contributed by atoms with Gasteiger partial charge in [0.1, 0.15) is 6.04 Å². The van der Waals surface area contributed by atoms with E-state index in [9.17, 15) is 4.79 Å². The molecular formula is C14H28N2O2. The Kier molecular flexibility index (Phi) is 6.09. The summed E-state index contributed by atoms with van der Waals surface area (Å²) < 4.78 is 5.98. The maximum absolute atomic E-state index is 11.2. The van der Waals surface area contributed by atoms with Gasteiger partial charge < -0.3 is 15.8 Å². The van der Waals surface area contributed by atoms with E-state index in [4.69, 9.17) is 10.5 Å². The Hall–Kier alpha value is -0.610. The maximum atomic E-state index is 11.2. The fourth-order valence-corrected chi connectivity index (χ4v) is 2.83. The van der Waals surface area contributed by atoms with Crippen molar-refractivity contribution in [2.45, 2.75) is 52.2 Å². The molecule has 4 atom stereocenters. The molecule has 0 heterocycles. The van der Waals surface area contributed by atoms with Crippen LogP contribution in [0.5, 0.6) is 0 Å². The molecule has 1 aliphatic rings. The minimum atomic E-state index is -0.380. The van der Waals surface area contributed by atoms with Crippen LogP contribution < -0.4 is 11.1 Å². The Labute approximate surface area is 111 Å². The van der Waals surface area contributed by atoms with Crippen molar-refractivity contribution in [2.75, 3.05) is 13.7 Å². The van der Waals surface area contributed by atoms with Gasteiger partial charge in [0.2, 0.25) is 5.91 Å². The van der Waals surface area contributed by atoms with Crippen molar-refractivity contribution in [3.8, 4) is 0 Å². The molecule has 1 amide bonds. The highest BCUT2D eigenvalue weighted by atomic mass is 16.5.